The first-order valence-corrected chi connectivity index (χ1v) is 3.69. The van der Waals surface area contributed by atoms with E-state index in [9.17, 15) is 4.79 Å². The van der Waals surface area contributed by atoms with Crippen LogP contribution in [0.3, 0.4) is 0 Å². The second-order valence-corrected chi connectivity index (χ2v) is 2.59. The Morgan fingerprint density at radius 1 is 1.67 bits per heavy atom. The average molecular weight is 165 g/mol. The van der Waals surface area contributed by atoms with Crippen LogP contribution in [0.15, 0.2) is 0 Å². The molecule has 4 N–H and O–H groups in total. The van der Waals surface area contributed by atoms with Gasteiger partial charge in [-0.15, -0.1) is 0 Å². The largest absolute Gasteiger partial charge is 0.350 e. The highest BCUT2D eigenvalue weighted by molar-refractivity contribution is 8.22. The average Bonchev–Trinajstić information content (AvgIpc) is 1.83. The van der Waals surface area contributed by atoms with Gasteiger partial charge in [-0.2, -0.15) is 0 Å². The lowest BCUT2D eigenvalue weighted by Crippen LogP contribution is -2.42. The van der Waals surface area contributed by atoms with E-state index in [1.165, 1.54) is 11.8 Å². The summed E-state index contributed by atoms with van der Waals surface area (Å²) in [6.07, 6.45) is 1.79. The number of rotatable bonds is 0. The topological polar surface area (TPSA) is 67.2 Å². The maximum Gasteiger partial charge on any atom is 0.330 e. The van der Waals surface area contributed by atoms with Gasteiger partial charge in [-0.25, -0.2) is 4.79 Å². The number of carbonyl (C=O) groups is 1. The van der Waals surface area contributed by atoms with Gasteiger partial charge in [0.15, 0.2) is 4.32 Å². The van der Waals surface area contributed by atoms with Crippen molar-refractivity contribution in [2.24, 2.45) is 5.73 Å². The molecule has 0 saturated heterocycles. The molecule has 0 aromatic rings. The number of amides is 2. The van der Waals surface area contributed by atoms with Crippen LogP contribution in [-0.4, -0.2) is 16.6 Å². The van der Waals surface area contributed by atoms with Crippen molar-refractivity contribution >= 4 is 34.3 Å². The molecule has 6 heteroatoms. The number of urea groups is 1. The van der Waals surface area contributed by atoms with Gasteiger partial charge in [-0.05, 0) is 6.26 Å². The summed E-state index contributed by atoms with van der Waals surface area (Å²) in [6.45, 7) is 0. The fourth-order valence-electron chi connectivity index (χ4n) is 0.164. The lowest BCUT2D eigenvalue weighted by molar-refractivity contribution is 0.247. The molecule has 0 bridgehead atoms. The lowest BCUT2D eigenvalue weighted by Gasteiger charge is -2.02. The van der Waals surface area contributed by atoms with Gasteiger partial charge >= 0.3 is 6.03 Å². The van der Waals surface area contributed by atoms with E-state index in [0.29, 0.717) is 4.32 Å². The van der Waals surface area contributed by atoms with Crippen molar-refractivity contribution in [2.75, 3.05) is 6.26 Å². The Kier molecular flexibility index (Phi) is 4.16. The van der Waals surface area contributed by atoms with Gasteiger partial charge < -0.3 is 5.73 Å². The molecule has 0 rings (SSSR count). The molecule has 0 spiro atoms. The minimum atomic E-state index is -0.647. The van der Waals surface area contributed by atoms with Crippen molar-refractivity contribution < 1.29 is 4.79 Å². The van der Waals surface area contributed by atoms with Crippen molar-refractivity contribution in [1.82, 2.24) is 10.9 Å². The third kappa shape index (κ3) is 5.38. The first-order valence-electron chi connectivity index (χ1n) is 2.06. The molecule has 0 atom stereocenters. The molecule has 9 heavy (non-hydrogen) atoms. The van der Waals surface area contributed by atoms with Crippen LogP contribution in [0.1, 0.15) is 0 Å². The number of primary amides is 1. The molecule has 0 radical (unpaired) electrons. The van der Waals surface area contributed by atoms with E-state index in [1.54, 1.807) is 6.26 Å². The van der Waals surface area contributed by atoms with Crippen molar-refractivity contribution in [1.29, 1.82) is 0 Å². The summed E-state index contributed by atoms with van der Waals surface area (Å²) >= 11 is 5.97. The zero-order valence-corrected chi connectivity index (χ0v) is 6.44. The summed E-state index contributed by atoms with van der Waals surface area (Å²) in [6, 6.07) is -0.647. The van der Waals surface area contributed by atoms with Crippen molar-refractivity contribution in [3.8, 4) is 0 Å². The Bertz CT molecular complexity index is 126. The van der Waals surface area contributed by atoms with Crippen LogP contribution < -0.4 is 16.6 Å². The predicted molar refractivity (Wildman–Crippen MR) is 42.0 cm³/mol. The van der Waals surface area contributed by atoms with E-state index in [2.05, 4.69) is 23.1 Å². The zero-order valence-electron chi connectivity index (χ0n) is 4.80. The Morgan fingerprint density at radius 2 is 2.22 bits per heavy atom. The van der Waals surface area contributed by atoms with E-state index < -0.39 is 6.03 Å². The molecule has 0 aliphatic carbocycles. The summed E-state index contributed by atoms with van der Waals surface area (Å²) in [4.78, 5) is 10.00. The van der Waals surface area contributed by atoms with Gasteiger partial charge in [0, 0.05) is 0 Å². The first-order chi connectivity index (χ1) is 4.16. The molecular formula is C3H7N3OS2. The van der Waals surface area contributed by atoms with Crippen molar-refractivity contribution in [3.63, 3.8) is 0 Å². The molecule has 0 aliphatic heterocycles. The van der Waals surface area contributed by atoms with Gasteiger partial charge in [0.2, 0.25) is 0 Å². The molecule has 0 aromatic heterocycles. The van der Waals surface area contributed by atoms with Crippen LogP contribution in [0, 0.1) is 0 Å². The molecule has 0 aliphatic rings. The second kappa shape index (κ2) is 4.39. The molecule has 0 fully saturated rings. The van der Waals surface area contributed by atoms with Crippen LogP contribution in [-0.2, 0) is 0 Å². The zero-order chi connectivity index (χ0) is 7.28. The molecule has 0 unspecified atom stereocenters. The van der Waals surface area contributed by atoms with E-state index in [0.717, 1.165) is 0 Å². The minimum Gasteiger partial charge on any atom is -0.350 e. The Labute approximate surface area is 62.5 Å². The number of hydrogen-bond acceptors (Lipinski definition) is 3. The van der Waals surface area contributed by atoms with Gasteiger partial charge in [0.05, 0.1) is 0 Å². The molecule has 0 saturated carbocycles. The molecular weight excluding hydrogens is 158 g/mol. The van der Waals surface area contributed by atoms with Crippen LogP contribution in [0.25, 0.3) is 0 Å². The molecule has 52 valence electrons. The number of nitrogens with one attached hydrogen (secondary N) is 2. The first kappa shape index (κ1) is 8.51. The molecule has 0 heterocycles. The van der Waals surface area contributed by atoms with Crippen LogP contribution in [0.2, 0.25) is 0 Å². The van der Waals surface area contributed by atoms with Crippen LogP contribution in [0.4, 0.5) is 4.79 Å². The summed E-state index contributed by atoms with van der Waals surface area (Å²) < 4.78 is 0.480. The van der Waals surface area contributed by atoms with Crippen LogP contribution in [0.5, 0.6) is 0 Å². The van der Waals surface area contributed by atoms with Crippen LogP contribution >= 0.6 is 24.0 Å². The highest BCUT2D eigenvalue weighted by atomic mass is 32.2. The van der Waals surface area contributed by atoms with Gasteiger partial charge in [0.25, 0.3) is 0 Å². The molecule has 2 amide bonds. The Hall–Kier alpha value is -0.490. The normalized spacial score (nSPS) is 8.11. The van der Waals surface area contributed by atoms with Gasteiger partial charge in [-0.1, -0.05) is 24.0 Å². The summed E-state index contributed by atoms with van der Waals surface area (Å²) in [5.74, 6) is 0. The third-order valence-electron chi connectivity index (χ3n) is 0.473. The number of thiocarbonyl (C=S) groups is 1. The predicted octanol–water partition coefficient (Wildman–Crippen LogP) is -0.193. The van der Waals surface area contributed by atoms with Crippen molar-refractivity contribution in [2.45, 2.75) is 0 Å². The number of hydrazine groups is 1. The highest BCUT2D eigenvalue weighted by Gasteiger charge is 1.91. The van der Waals surface area contributed by atoms with E-state index in [-0.39, 0.29) is 0 Å². The number of hydrogen-bond donors (Lipinski definition) is 3. The smallest absolute Gasteiger partial charge is 0.330 e. The monoisotopic (exact) mass is 165 g/mol. The molecule has 4 nitrogen and oxygen atoms in total. The SMILES string of the molecule is CSC(=S)NNC(N)=O. The van der Waals surface area contributed by atoms with Gasteiger partial charge in [-0.3, -0.25) is 10.9 Å². The van der Waals surface area contributed by atoms with Crippen molar-refractivity contribution in [3.05, 3.63) is 0 Å². The Morgan fingerprint density at radius 3 is 2.56 bits per heavy atom. The minimum absolute atomic E-state index is 0.480. The fraction of sp³-hybridized carbons (Fsp3) is 0.333. The highest BCUT2D eigenvalue weighted by Crippen LogP contribution is 1.90. The summed E-state index contributed by atoms with van der Waals surface area (Å²) in [5.41, 5.74) is 9.24. The Balaban J connectivity index is 3.28. The molecule has 0 aromatic carbocycles. The quantitative estimate of drug-likeness (QED) is 0.344. The summed E-state index contributed by atoms with van der Waals surface area (Å²) in [5, 5.41) is 0. The van der Waals surface area contributed by atoms with E-state index in [4.69, 9.17) is 5.73 Å². The lowest BCUT2D eigenvalue weighted by atomic mass is 11.1. The third-order valence-corrected chi connectivity index (χ3v) is 1.55. The standard InChI is InChI=1S/C3H7N3OS2/c1-9-3(8)6-5-2(4)7/h1H3,(H,6,8)(H3,4,5,7). The maximum atomic E-state index is 10.00. The maximum absolute atomic E-state index is 10.00. The fourth-order valence-corrected chi connectivity index (χ4v) is 0.368. The second-order valence-electron chi connectivity index (χ2n) is 1.11. The number of nitrogens with two attached hydrogens (primary N) is 1. The summed E-state index contributed by atoms with van der Waals surface area (Å²) in [7, 11) is 0. The van der Waals surface area contributed by atoms with E-state index >= 15 is 0 Å². The van der Waals surface area contributed by atoms with E-state index in [1.807, 2.05) is 0 Å². The number of thioether (sulfide) groups is 1. The van der Waals surface area contributed by atoms with Gasteiger partial charge in [0.1, 0.15) is 0 Å². The number of carbonyl (C=O) groups excluding carboxylic acids is 1.